The largest absolute Gasteiger partial charge is 0.389 e. The zero-order chi connectivity index (χ0) is 10.8. The average molecular weight is 197 g/mol. The summed E-state index contributed by atoms with van der Waals surface area (Å²) in [6.45, 7) is 3.83. The molecule has 5 nitrogen and oxygen atoms in total. The number of nitrogens with zero attached hydrogens (tertiary/aromatic N) is 2. The minimum atomic E-state index is -0.807. The molecule has 0 spiro atoms. The number of aromatic amines is 1. The van der Waals surface area contributed by atoms with E-state index in [9.17, 15) is 9.90 Å². The van der Waals surface area contributed by atoms with Gasteiger partial charge in [-0.2, -0.15) is 0 Å². The fourth-order valence-electron chi connectivity index (χ4n) is 1.23. The first-order valence-electron chi connectivity index (χ1n) is 4.37. The van der Waals surface area contributed by atoms with Crippen molar-refractivity contribution in [1.29, 1.82) is 0 Å². The van der Waals surface area contributed by atoms with Crippen molar-refractivity contribution in [3.05, 3.63) is 22.7 Å². The monoisotopic (exact) mass is 197 g/mol. The lowest BCUT2D eigenvalue weighted by Gasteiger charge is -2.25. The number of nitrogens with one attached hydrogen (secondary N) is 1. The van der Waals surface area contributed by atoms with E-state index in [0.29, 0.717) is 12.4 Å². The molecular formula is C9H15N3O2. The van der Waals surface area contributed by atoms with Gasteiger partial charge in [0.2, 0.25) is 0 Å². The molecule has 0 saturated carbocycles. The molecule has 1 heterocycles. The van der Waals surface area contributed by atoms with E-state index >= 15 is 0 Å². The van der Waals surface area contributed by atoms with E-state index in [-0.39, 0.29) is 5.56 Å². The second kappa shape index (κ2) is 3.79. The van der Waals surface area contributed by atoms with Crippen LogP contribution in [-0.4, -0.2) is 34.3 Å². The minimum absolute atomic E-state index is 0.197. The Hall–Kier alpha value is -1.36. The van der Waals surface area contributed by atoms with Gasteiger partial charge in [-0.25, -0.2) is 4.98 Å². The van der Waals surface area contributed by atoms with Gasteiger partial charge in [-0.1, -0.05) is 0 Å². The van der Waals surface area contributed by atoms with Gasteiger partial charge < -0.3 is 15.0 Å². The Balaban J connectivity index is 2.80. The first-order valence-corrected chi connectivity index (χ1v) is 4.37. The number of aliphatic hydroxyl groups is 1. The fraction of sp³-hybridized carbons (Fsp3) is 0.556. The van der Waals surface area contributed by atoms with Crippen molar-refractivity contribution < 1.29 is 5.11 Å². The lowest BCUT2D eigenvalue weighted by Crippen LogP contribution is -2.37. The molecule has 0 radical (unpaired) electrons. The molecular weight excluding hydrogens is 182 g/mol. The van der Waals surface area contributed by atoms with E-state index in [1.807, 2.05) is 0 Å². The predicted octanol–water partition coefficient (Wildman–Crippen LogP) is -0.0230. The normalized spacial score (nSPS) is 11.4. The molecule has 0 atom stereocenters. The van der Waals surface area contributed by atoms with Crippen molar-refractivity contribution in [2.24, 2.45) is 0 Å². The van der Waals surface area contributed by atoms with Gasteiger partial charge >= 0.3 is 0 Å². The highest BCUT2D eigenvalue weighted by atomic mass is 16.3. The Labute approximate surface area is 82.4 Å². The second-order valence-corrected chi connectivity index (χ2v) is 3.94. The lowest BCUT2D eigenvalue weighted by molar-refractivity contribution is 0.0884. The van der Waals surface area contributed by atoms with Crippen LogP contribution < -0.4 is 10.5 Å². The van der Waals surface area contributed by atoms with Crippen molar-refractivity contribution in [3.8, 4) is 0 Å². The molecule has 0 fully saturated rings. The maximum Gasteiger partial charge on any atom is 0.252 e. The minimum Gasteiger partial charge on any atom is -0.389 e. The second-order valence-electron chi connectivity index (χ2n) is 3.94. The van der Waals surface area contributed by atoms with Crippen molar-refractivity contribution in [2.75, 3.05) is 18.5 Å². The molecule has 0 aliphatic carbocycles. The number of hydrogen-bond donors (Lipinski definition) is 2. The highest BCUT2D eigenvalue weighted by molar-refractivity contribution is 5.35. The van der Waals surface area contributed by atoms with E-state index in [4.69, 9.17) is 0 Å². The Morgan fingerprint density at radius 3 is 2.79 bits per heavy atom. The Morgan fingerprint density at radius 1 is 1.64 bits per heavy atom. The van der Waals surface area contributed by atoms with Crippen molar-refractivity contribution in [3.63, 3.8) is 0 Å². The highest BCUT2D eigenvalue weighted by Crippen LogP contribution is 2.09. The van der Waals surface area contributed by atoms with Crippen LogP contribution in [-0.2, 0) is 0 Å². The number of rotatable bonds is 3. The summed E-state index contributed by atoms with van der Waals surface area (Å²) in [5.41, 5.74) is -1.00. The highest BCUT2D eigenvalue weighted by Gasteiger charge is 2.16. The Kier molecular flexibility index (Phi) is 2.90. The summed E-state index contributed by atoms with van der Waals surface area (Å²) in [5, 5.41) is 9.56. The van der Waals surface area contributed by atoms with Crippen molar-refractivity contribution >= 4 is 5.82 Å². The van der Waals surface area contributed by atoms with Gasteiger partial charge in [-0.3, -0.25) is 4.79 Å². The van der Waals surface area contributed by atoms with Crippen LogP contribution in [0.5, 0.6) is 0 Å². The van der Waals surface area contributed by atoms with E-state index in [1.54, 1.807) is 25.8 Å². The lowest BCUT2D eigenvalue weighted by atomic mass is 10.1. The molecule has 0 saturated heterocycles. The Morgan fingerprint density at radius 2 is 2.29 bits per heavy atom. The fourth-order valence-corrected chi connectivity index (χ4v) is 1.23. The van der Waals surface area contributed by atoms with Gasteiger partial charge in [0.15, 0.2) is 0 Å². The van der Waals surface area contributed by atoms with Crippen LogP contribution in [0.4, 0.5) is 5.82 Å². The molecule has 14 heavy (non-hydrogen) atoms. The average Bonchev–Trinajstić information content (AvgIpc) is 2.01. The van der Waals surface area contributed by atoms with Crippen molar-refractivity contribution in [2.45, 2.75) is 19.4 Å². The molecule has 5 heteroatoms. The van der Waals surface area contributed by atoms with Crippen LogP contribution in [0.2, 0.25) is 0 Å². The maximum absolute atomic E-state index is 11.0. The summed E-state index contributed by atoms with van der Waals surface area (Å²) in [6.07, 6.45) is 1.35. The summed E-state index contributed by atoms with van der Waals surface area (Å²) < 4.78 is 0. The van der Waals surface area contributed by atoms with Crippen LogP contribution in [0.1, 0.15) is 13.8 Å². The molecule has 0 bridgehead atoms. The van der Waals surface area contributed by atoms with Crippen LogP contribution in [0.3, 0.4) is 0 Å². The molecule has 1 aromatic rings. The molecule has 1 rings (SSSR count). The van der Waals surface area contributed by atoms with Crippen molar-refractivity contribution in [1.82, 2.24) is 9.97 Å². The summed E-state index contributed by atoms with van der Waals surface area (Å²) in [7, 11) is 1.78. The molecule has 0 unspecified atom stereocenters. The van der Waals surface area contributed by atoms with Crippen LogP contribution >= 0.6 is 0 Å². The van der Waals surface area contributed by atoms with E-state index in [1.165, 1.54) is 12.4 Å². The first kappa shape index (κ1) is 10.7. The third-order valence-electron chi connectivity index (χ3n) is 1.68. The van der Waals surface area contributed by atoms with Gasteiger partial charge in [0, 0.05) is 19.7 Å². The molecule has 0 aliphatic heterocycles. The number of likely N-dealkylation sites (N-methyl/N-ethyl adjacent to an activating group) is 1. The molecule has 2 N–H and O–H groups in total. The van der Waals surface area contributed by atoms with Gasteiger partial charge in [-0.05, 0) is 13.8 Å². The standard InChI is InChI=1S/C9H15N3O2/c1-9(2,14)5-12(3)7-4-8(13)11-6-10-7/h4,6,14H,5H2,1-3H3,(H,10,11,13). The quantitative estimate of drug-likeness (QED) is 0.714. The topological polar surface area (TPSA) is 69.2 Å². The van der Waals surface area contributed by atoms with Crippen LogP contribution in [0.25, 0.3) is 0 Å². The van der Waals surface area contributed by atoms with Crippen LogP contribution in [0, 0.1) is 0 Å². The van der Waals surface area contributed by atoms with E-state index < -0.39 is 5.60 Å². The van der Waals surface area contributed by atoms with Gasteiger partial charge in [0.05, 0.1) is 11.9 Å². The number of H-pyrrole nitrogens is 1. The summed E-state index contributed by atoms with van der Waals surface area (Å²) in [4.78, 5) is 19.1. The summed E-state index contributed by atoms with van der Waals surface area (Å²) >= 11 is 0. The maximum atomic E-state index is 11.0. The van der Waals surface area contributed by atoms with Gasteiger partial charge in [-0.15, -0.1) is 0 Å². The first-order chi connectivity index (χ1) is 6.38. The predicted molar refractivity (Wildman–Crippen MR) is 54.4 cm³/mol. The van der Waals surface area contributed by atoms with E-state index in [2.05, 4.69) is 9.97 Å². The SMILES string of the molecule is CN(CC(C)(C)O)c1cc(=O)[nH]cn1. The smallest absolute Gasteiger partial charge is 0.252 e. The molecule has 78 valence electrons. The molecule has 0 aromatic carbocycles. The Bertz CT molecular complexity index is 354. The van der Waals surface area contributed by atoms with Gasteiger partial charge in [0.25, 0.3) is 5.56 Å². The van der Waals surface area contributed by atoms with E-state index in [0.717, 1.165) is 0 Å². The van der Waals surface area contributed by atoms with Crippen LogP contribution in [0.15, 0.2) is 17.2 Å². The summed E-state index contributed by atoms with van der Waals surface area (Å²) in [6, 6.07) is 1.39. The zero-order valence-electron chi connectivity index (χ0n) is 8.61. The third kappa shape index (κ3) is 3.18. The molecule has 0 aliphatic rings. The zero-order valence-corrected chi connectivity index (χ0v) is 8.61. The summed E-state index contributed by atoms with van der Waals surface area (Å²) in [5.74, 6) is 0.552. The number of hydrogen-bond acceptors (Lipinski definition) is 4. The van der Waals surface area contributed by atoms with Gasteiger partial charge in [0.1, 0.15) is 5.82 Å². The number of anilines is 1. The number of aromatic nitrogens is 2. The molecule has 1 aromatic heterocycles. The third-order valence-corrected chi connectivity index (χ3v) is 1.68. The molecule has 0 amide bonds.